The second kappa shape index (κ2) is 9.61. The van der Waals surface area contributed by atoms with Gasteiger partial charge in [-0.15, -0.1) is 0 Å². The molecular weight excluding hydrogens is 597 g/mol. The Morgan fingerprint density at radius 1 is 0.706 bits per heavy atom. The van der Waals surface area contributed by atoms with Crippen LogP contribution in [0.2, 0.25) is 0 Å². The van der Waals surface area contributed by atoms with Gasteiger partial charge in [-0.25, -0.2) is 0 Å². The Kier molecular flexibility index (Phi) is 8.16. The molecule has 0 heterocycles. The number of halogens is 7. The third kappa shape index (κ3) is 5.89. The zero-order valence-electron chi connectivity index (χ0n) is 19.5. The Labute approximate surface area is 204 Å². The Balaban J connectivity index is 2.60. The first-order valence-corrected chi connectivity index (χ1v) is 14.6. The van der Waals surface area contributed by atoms with Gasteiger partial charge in [0.2, 0.25) is 0 Å². The molecule has 0 saturated carbocycles. The molecule has 11 heteroatoms. The van der Waals surface area contributed by atoms with Crippen LogP contribution in [0.15, 0.2) is 48.5 Å². The molecule has 0 aromatic heterocycles. The average molecular weight is 624 g/mol. The molecule has 3 nitrogen and oxygen atoms in total. The molecule has 0 aliphatic heterocycles. The van der Waals surface area contributed by atoms with Gasteiger partial charge in [-0.05, 0) is 0 Å². The van der Waals surface area contributed by atoms with Crippen LogP contribution in [-0.2, 0) is 23.5 Å². The standard InChI is InChI=1S/C23H27F6IO3S/c1-20(2,3)15-7-11-17(12-8-15)30(18-13-9-16(10-14-18)21(4,5)6)33-34(31,32)23(28,29)22(26,27)19(24)25/h7-14,19H,1-6H3. The molecule has 2 rings (SSSR count). The van der Waals surface area contributed by atoms with E-state index in [9.17, 15) is 34.8 Å². The number of hydrogen-bond acceptors (Lipinski definition) is 3. The molecule has 34 heavy (non-hydrogen) atoms. The fraction of sp³-hybridized carbons (Fsp3) is 0.478. The average Bonchev–Trinajstić information content (AvgIpc) is 2.70. The van der Waals surface area contributed by atoms with E-state index >= 15 is 0 Å². The Morgan fingerprint density at radius 2 is 1.03 bits per heavy atom. The van der Waals surface area contributed by atoms with Gasteiger partial charge in [-0.1, -0.05) is 0 Å². The van der Waals surface area contributed by atoms with Gasteiger partial charge in [0.05, 0.1) is 0 Å². The van der Waals surface area contributed by atoms with Crippen LogP contribution in [0.3, 0.4) is 0 Å². The van der Waals surface area contributed by atoms with Crippen molar-refractivity contribution in [2.45, 2.75) is 70.0 Å². The normalized spacial score (nSPS) is 14.4. The molecule has 0 unspecified atom stereocenters. The zero-order chi connectivity index (χ0) is 26.3. The molecule has 0 N–H and O–H groups in total. The maximum atomic E-state index is 14.1. The van der Waals surface area contributed by atoms with Crippen LogP contribution in [0.1, 0.15) is 52.7 Å². The zero-order valence-corrected chi connectivity index (χ0v) is 22.4. The molecular formula is C23H27F6IO3S. The predicted molar refractivity (Wildman–Crippen MR) is 128 cm³/mol. The van der Waals surface area contributed by atoms with E-state index in [1.165, 1.54) is 24.3 Å². The summed E-state index contributed by atoms with van der Waals surface area (Å²) in [7, 11) is -6.43. The molecule has 0 saturated heterocycles. The van der Waals surface area contributed by atoms with Gasteiger partial charge in [0.1, 0.15) is 0 Å². The topological polar surface area (TPSA) is 43.4 Å². The van der Waals surface area contributed by atoms with E-state index in [4.69, 9.17) is 2.51 Å². The number of benzene rings is 2. The van der Waals surface area contributed by atoms with E-state index < -0.39 is 48.0 Å². The molecule has 0 aliphatic rings. The van der Waals surface area contributed by atoms with Crippen molar-refractivity contribution in [1.29, 1.82) is 0 Å². The maximum absolute atomic E-state index is 14.1. The van der Waals surface area contributed by atoms with Crippen LogP contribution in [0.4, 0.5) is 26.3 Å². The molecule has 0 spiro atoms. The summed E-state index contributed by atoms with van der Waals surface area (Å²) in [5.74, 6) is -6.13. The van der Waals surface area contributed by atoms with E-state index in [2.05, 4.69) is 0 Å². The monoisotopic (exact) mass is 624 g/mol. The minimum atomic E-state index is -6.43. The Hall–Kier alpha value is -1.34. The minimum absolute atomic E-state index is 0.223. The summed E-state index contributed by atoms with van der Waals surface area (Å²) < 4.78 is 110. The molecule has 2 aromatic rings. The van der Waals surface area contributed by atoms with Crippen LogP contribution in [0.25, 0.3) is 0 Å². The van der Waals surface area contributed by atoms with Gasteiger partial charge >= 0.3 is 204 Å². The fourth-order valence-electron chi connectivity index (χ4n) is 2.74. The summed E-state index contributed by atoms with van der Waals surface area (Å²) in [5, 5.41) is -6.12. The first kappa shape index (κ1) is 28.9. The van der Waals surface area contributed by atoms with Gasteiger partial charge in [0, 0.05) is 0 Å². The van der Waals surface area contributed by atoms with Crippen molar-refractivity contribution in [1.82, 2.24) is 0 Å². The second-order valence-electron chi connectivity index (χ2n) is 9.72. The number of rotatable bonds is 7. The molecule has 0 aliphatic carbocycles. The van der Waals surface area contributed by atoms with Crippen molar-refractivity contribution in [3.63, 3.8) is 0 Å². The Bertz CT molecular complexity index is 1030. The van der Waals surface area contributed by atoms with Gasteiger partial charge in [0.15, 0.2) is 0 Å². The van der Waals surface area contributed by atoms with Crippen LogP contribution >= 0.6 is 20.2 Å². The molecule has 0 atom stereocenters. The van der Waals surface area contributed by atoms with Crippen molar-refractivity contribution >= 4 is 30.4 Å². The summed E-state index contributed by atoms with van der Waals surface area (Å²) in [6, 6.07) is 12.6. The van der Waals surface area contributed by atoms with Crippen molar-refractivity contribution in [2.75, 3.05) is 0 Å². The van der Waals surface area contributed by atoms with Crippen LogP contribution in [0.5, 0.6) is 0 Å². The van der Waals surface area contributed by atoms with E-state index in [1.807, 2.05) is 41.5 Å². The third-order valence-electron chi connectivity index (χ3n) is 4.94. The molecule has 2 aromatic carbocycles. The van der Waals surface area contributed by atoms with Gasteiger partial charge in [-0.2, -0.15) is 0 Å². The third-order valence-corrected chi connectivity index (χ3v) is 12.3. The van der Waals surface area contributed by atoms with E-state index in [-0.39, 0.29) is 18.0 Å². The van der Waals surface area contributed by atoms with Gasteiger partial charge < -0.3 is 0 Å². The van der Waals surface area contributed by atoms with Gasteiger partial charge in [0.25, 0.3) is 0 Å². The van der Waals surface area contributed by atoms with E-state index in [1.54, 1.807) is 24.3 Å². The van der Waals surface area contributed by atoms with Crippen molar-refractivity contribution in [3.05, 3.63) is 66.8 Å². The molecule has 192 valence electrons. The predicted octanol–water partition coefficient (Wildman–Crippen LogP) is 7.58. The summed E-state index contributed by atoms with van der Waals surface area (Å²) in [6.07, 6.45) is -4.90. The molecule has 0 fully saturated rings. The Morgan fingerprint density at radius 3 is 1.29 bits per heavy atom. The summed E-state index contributed by atoms with van der Waals surface area (Å²) in [6.45, 7) is 11.6. The molecule has 0 radical (unpaired) electrons. The van der Waals surface area contributed by atoms with Crippen molar-refractivity contribution < 1.29 is 37.3 Å². The van der Waals surface area contributed by atoms with E-state index in [0.717, 1.165) is 11.1 Å². The van der Waals surface area contributed by atoms with E-state index in [0.29, 0.717) is 0 Å². The van der Waals surface area contributed by atoms with Crippen molar-refractivity contribution in [3.8, 4) is 0 Å². The van der Waals surface area contributed by atoms with Crippen LogP contribution in [0, 0.1) is 7.14 Å². The summed E-state index contributed by atoms with van der Waals surface area (Å²) in [4.78, 5) is 0. The van der Waals surface area contributed by atoms with Crippen LogP contribution in [-0.4, -0.2) is 26.0 Å². The number of alkyl halides is 6. The first-order valence-electron chi connectivity index (χ1n) is 10.1. The summed E-state index contributed by atoms with van der Waals surface area (Å²) >= 11 is -3.80. The SMILES string of the molecule is CC(C)(C)c1ccc(I(OS(=O)(=O)C(F)(F)C(F)(F)C(F)F)c2ccc(C(C)(C)C)cc2)cc1. The molecule has 0 bridgehead atoms. The quantitative estimate of drug-likeness (QED) is 0.236. The van der Waals surface area contributed by atoms with Gasteiger partial charge in [-0.3, -0.25) is 0 Å². The van der Waals surface area contributed by atoms with Crippen LogP contribution < -0.4 is 0 Å². The fourth-order valence-corrected chi connectivity index (χ4v) is 9.64. The first-order chi connectivity index (χ1) is 15.2. The summed E-state index contributed by atoms with van der Waals surface area (Å²) in [5.41, 5.74) is 1.16. The van der Waals surface area contributed by atoms with Crippen molar-refractivity contribution in [2.24, 2.45) is 0 Å². The molecule has 0 amide bonds. The number of hydrogen-bond donors (Lipinski definition) is 0. The second-order valence-corrected chi connectivity index (χ2v) is 16.3.